The third-order valence-corrected chi connectivity index (χ3v) is 4.46. The van der Waals surface area contributed by atoms with Crippen molar-refractivity contribution in [1.82, 2.24) is 15.1 Å². The van der Waals surface area contributed by atoms with Gasteiger partial charge in [-0.25, -0.2) is 0 Å². The summed E-state index contributed by atoms with van der Waals surface area (Å²) in [5, 5.41) is 10.8. The van der Waals surface area contributed by atoms with Crippen LogP contribution in [0.25, 0.3) is 0 Å². The molecule has 3 rings (SSSR count). The number of rotatable bonds is 4. The van der Waals surface area contributed by atoms with Crippen molar-refractivity contribution in [2.24, 2.45) is 5.92 Å². The van der Waals surface area contributed by atoms with Gasteiger partial charge in [0.2, 0.25) is 5.91 Å². The number of nitrogens with zero attached hydrogens (tertiary/aromatic N) is 2. The van der Waals surface area contributed by atoms with Crippen molar-refractivity contribution in [3.05, 3.63) is 12.4 Å². The van der Waals surface area contributed by atoms with Gasteiger partial charge in [-0.1, -0.05) is 0 Å². The molecule has 20 heavy (non-hydrogen) atoms. The topological polar surface area (TPSA) is 59.0 Å². The molecule has 0 aliphatic carbocycles. The summed E-state index contributed by atoms with van der Waals surface area (Å²) in [6.45, 7) is 4.15. The fraction of sp³-hybridized carbons (Fsp3) is 0.733. The van der Waals surface area contributed by atoms with Crippen molar-refractivity contribution in [3.8, 4) is 0 Å². The summed E-state index contributed by atoms with van der Waals surface area (Å²) in [6.07, 6.45) is 9.12. The molecule has 2 atom stereocenters. The number of hydrogen-bond acceptors (Lipinski definition) is 3. The highest BCUT2D eigenvalue weighted by Crippen LogP contribution is 2.32. The Labute approximate surface area is 120 Å². The standard InChI is InChI=1S/C15H24N4O/c1-10(2)19-9-14(8-16-19)18-15(20)7-11-5-12-3-4-13(6-11)17-12/h8-13,17H,3-7H2,1-2H3,(H,18,20). The number of hydrogen-bond donors (Lipinski definition) is 2. The molecule has 2 N–H and O–H groups in total. The van der Waals surface area contributed by atoms with Crippen molar-refractivity contribution < 1.29 is 4.79 Å². The van der Waals surface area contributed by atoms with Crippen LogP contribution in [0.3, 0.4) is 0 Å². The lowest BCUT2D eigenvalue weighted by atomic mass is 9.89. The van der Waals surface area contributed by atoms with E-state index < -0.39 is 0 Å². The van der Waals surface area contributed by atoms with Crippen LogP contribution in [0.4, 0.5) is 5.69 Å². The summed E-state index contributed by atoms with van der Waals surface area (Å²) in [4.78, 5) is 12.1. The quantitative estimate of drug-likeness (QED) is 0.887. The summed E-state index contributed by atoms with van der Waals surface area (Å²) in [7, 11) is 0. The van der Waals surface area contributed by atoms with Gasteiger partial charge in [0.1, 0.15) is 0 Å². The minimum atomic E-state index is 0.125. The second kappa shape index (κ2) is 5.56. The Morgan fingerprint density at radius 1 is 1.45 bits per heavy atom. The van der Waals surface area contributed by atoms with Gasteiger partial charge in [0.05, 0.1) is 11.9 Å². The minimum absolute atomic E-state index is 0.125. The lowest BCUT2D eigenvalue weighted by Gasteiger charge is -2.28. The number of carbonyl (C=O) groups excluding carboxylic acids is 1. The van der Waals surface area contributed by atoms with E-state index in [1.165, 1.54) is 12.8 Å². The van der Waals surface area contributed by atoms with Crippen molar-refractivity contribution >= 4 is 11.6 Å². The first-order valence-corrected chi connectivity index (χ1v) is 7.70. The molecular formula is C15H24N4O. The smallest absolute Gasteiger partial charge is 0.224 e. The molecule has 1 amide bonds. The molecule has 2 aliphatic heterocycles. The van der Waals surface area contributed by atoms with Crippen LogP contribution in [0, 0.1) is 5.92 Å². The molecule has 2 aliphatic rings. The zero-order valence-electron chi connectivity index (χ0n) is 12.3. The van der Waals surface area contributed by atoms with E-state index in [0.29, 0.717) is 30.5 Å². The van der Waals surface area contributed by atoms with Gasteiger partial charge in [0, 0.05) is 30.7 Å². The third-order valence-electron chi connectivity index (χ3n) is 4.46. The zero-order chi connectivity index (χ0) is 14.1. The molecule has 5 nitrogen and oxygen atoms in total. The normalized spacial score (nSPS) is 28.9. The summed E-state index contributed by atoms with van der Waals surface area (Å²) in [5.41, 5.74) is 0.806. The van der Waals surface area contributed by atoms with Crippen molar-refractivity contribution in [2.45, 2.75) is 64.1 Å². The van der Waals surface area contributed by atoms with Gasteiger partial charge in [0.15, 0.2) is 0 Å². The molecule has 2 bridgehead atoms. The molecule has 5 heteroatoms. The highest BCUT2D eigenvalue weighted by atomic mass is 16.1. The average Bonchev–Trinajstić information content (AvgIpc) is 2.96. The fourth-order valence-corrected chi connectivity index (χ4v) is 3.50. The molecule has 110 valence electrons. The number of piperidine rings is 1. The van der Waals surface area contributed by atoms with Crippen LogP contribution in [-0.2, 0) is 4.79 Å². The van der Waals surface area contributed by atoms with E-state index >= 15 is 0 Å². The monoisotopic (exact) mass is 276 g/mol. The summed E-state index contributed by atoms with van der Waals surface area (Å²) in [5.74, 6) is 0.661. The first-order valence-electron chi connectivity index (χ1n) is 7.70. The minimum Gasteiger partial charge on any atom is -0.323 e. The number of fused-ring (bicyclic) bond motifs is 2. The van der Waals surface area contributed by atoms with E-state index in [2.05, 4.69) is 29.6 Å². The van der Waals surface area contributed by atoms with Crippen LogP contribution in [0.2, 0.25) is 0 Å². The molecule has 0 aromatic carbocycles. The molecule has 2 saturated heterocycles. The second-order valence-corrected chi connectivity index (χ2v) is 6.53. The highest BCUT2D eigenvalue weighted by molar-refractivity contribution is 5.90. The first kappa shape index (κ1) is 13.6. The van der Waals surface area contributed by atoms with Gasteiger partial charge in [-0.2, -0.15) is 5.10 Å². The van der Waals surface area contributed by atoms with Crippen LogP contribution in [-0.4, -0.2) is 27.8 Å². The second-order valence-electron chi connectivity index (χ2n) is 6.53. The van der Waals surface area contributed by atoms with E-state index in [1.54, 1.807) is 6.20 Å². The molecule has 0 radical (unpaired) electrons. The third kappa shape index (κ3) is 3.03. The van der Waals surface area contributed by atoms with Crippen molar-refractivity contribution in [1.29, 1.82) is 0 Å². The lowest BCUT2D eigenvalue weighted by Crippen LogP contribution is -2.39. The number of nitrogens with one attached hydrogen (secondary N) is 2. The lowest BCUT2D eigenvalue weighted by molar-refractivity contribution is -0.117. The molecule has 2 fully saturated rings. The molecular weight excluding hydrogens is 252 g/mol. The molecule has 0 spiro atoms. The van der Waals surface area contributed by atoms with E-state index in [-0.39, 0.29) is 5.91 Å². The van der Waals surface area contributed by atoms with Gasteiger partial charge in [-0.3, -0.25) is 9.48 Å². The van der Waals surface area contributed by atoms with Crippen molar-refractivity contribution in [2.75, 3.05) is 5.32 Å². The molecule has 0 saturated carbocycles. The Morgan fingerprint density at radius 3 is 2.75 bits per heavy atom. The molecule has 2 unspecified atom stereocenters. The molecule has 1 aromatic rings. The Morgan fingerprint density at radius 2 is 2.15 bits per heavy atom. The zero-order valence-corrected chi connectivity index (χ0v) is 12.3. The largest absolute Gasteiger partial charge is 0.323 e. The van der Waals surface area contributed by atoms with Crippen LogP contribution in [0.1, 0.15) is 52.0 Å². The van der Waals surface area contributed by atoms with Gasteiger partial charge < -0.3 is 10.6 Å². The highest BCUT2D eigenvalue weighted by Gasteiger charge is 2.34. The maximum atomic E-state index is 12.1. The van der Waals surface area contributed by atoms with Crippen LogP contribution >= 0.6 is 0 Å². The maximum absolute atomic E-state index is 12.1. The van der Waals surface area contributed by atoms with Crippen molar-refractivity contribution in [3.63, 3.8) is 0 Å². The van der Waals surface area contributed by atoms with Gasteiger partial charge in [-0.05, 0) is 45.4 Å². The van der Waals surface area contributed by atoms with Crippen LogP contribution < -0.4 is 10.6 Å². The average molecular weight is 276 g/mol. The van der Waals surface area contributed by atoms with Gasteiger partial charge >= 0.3 is 0 Å². The SMILES string of the molecule is CC(C)n1cc(NC(=O)CC2CC3CCC(C2)N3)cn1. The Hall–Kier alpha value is -1.36. The molecule has 1 aromatic heterocycles. The summed E-state index contributed by atoms with van der Waals surface area (Å²) >= 11 is 0. The van der Waals surface area contributed by atoms with E-state index in [9.17, 15) is 4.79 Å². The Balaban J connectivity index is 1.51. The predicted octanol–water partition coefficient (Wildman–Crippen LogP) is 2.32. The number of aromatic nitrogens is 2. The summed E-state index contributed by atoms with van der Waals surface area (Å²) in [6, 6.07) is 1.62. The van der Waals surface area contributed by atoms with Gasteiger partial charge in [0.25, 0.3) is 0 Å². The number of amides is 1. The van der Waals surface area contributed by atoms with Crippen LogP contribution in [0.15, 0.2) is 12.4 Å². The Kier molecular flexibility index (Phi) is 3.78. The van der Waals surface area contributed by atoms with E-state index in [1.807, 2.05) is 10.9 Å². The van der Waals surface area contributed by atoms with E-state index in [0.717, 1.165) is 18.5 Å². The first-order chi connectivity index (χ1) is 9.60. The fourth-order valence-electron chi connectivity index (χ4n) is 3.50. The van der Waals surface area contributed by atoms with E-state index in [4.69, 9.17) is 0 Å². The predicted molar refractivity (Wildman–Crippen MR) is 78.5 cm³/mol. The number of carbonyl (C=O) groups is 1. The van der Waals surface area contributed by atoms with Crippen LogP contribution in [0.5, 0.6) is 0 Å². The Bertz CT molecular complexity index is 470. The molecule has 3 heterocycles. The number of anilines is 1. The maximum Gasteiger partial charge on any atom is 0.224 e. The summed E-state index contributed by atoms with van der Waals surface area (Å²) < 4.78 is 1.86. The van der Waals surface area contributed by atoms with Gasteiger partial charge in [-0.15, -0.1) is 0 Å².